The molecule has 38 heavy (non-hydrogen) atoms. The van der Waals surface area contributed by atoms with Gasteiger partial charge in [-0.2, -0.15) is 0 Å². The van der Waals surface area contributed by atoms with E-state index in [4.69, 9.17) is 14.2 Å². The van der Waals surface area contributed by atoms with Crippen molar-refractivity contribution in [1.82, 2.24) is 4.57 Å². The smallest absolute Gasteiger partial charge is 0.352 e. The first-order valence-electron chi connectivity index (χ1n) is 12.1. The number of methoxy groups -OCH3 is 3. The third-order valence-electron chi connectivity index (χ3n) is 6.93. The summed E-state index contributed by atoms with van der Waals surface area (Å²) in [6.45, 7) is 2.43. The molecule has 8 heteroatoms. The lowest BCUT2D eigenvalue weighted by atomic mass is 9.97. The molecule has 1 aromatic heterocycles. The summed E-state index contributed by atoms with van der Waals surface area (Å²) in [5.74, 6) is 0.507. The summed E-state index contributed by atoms with van der Waals surface area (Å²) in [4.78, 5) is 27.6. The Bertz CT molecular complexity index is 1550. The van der Waals surface area contributed by atoms with E-state index in [1.807, 2.05) is 49.4 Å². The number of hydrogen-bond donors (Lipinski definition) is 1. The van der Waals surface area contributed by atoms with Gasteiger partial charge in [-0.05, 0) is 60.0 Å². The largest absolute Gasteiger partial charge is 0.496 e. The molecule has 5 rings (SSSR count). The van der Waals surface area contributed by atoms with Crippen LogP contribution in [0.3, 0.4) is 0 Å². The number of para-hydroxylation sites is 1. The van der Waals surface area contributed by atoms with Gasteiger partial charge in [-0.25, -0.2) is 4.79 Å². The highest BCUT2D eigenvalue weighted by atomic mass is 16.5. The van der Waals surface area contributed by atoms with E-state index >= 15 is 0 Å². The molecule has 0 saturated heterocycles. The molecule has 0 aliphatic carbocycles. The van der Waals surface area contributed by atoms with E-state index in [2.05, 4.69) is 0 Å². The van der Waals surface area contributed by atoms with Crippen LogP contribution in [-0.2, 0) is 13.1 Å². The van der Waals surface area contributed by atoms with Crippen LogP contribution in [0.2, 0.25) is 0 Å². The molecule has 1 amide bonds. The number of carbonyl (C=O) groups is 2. The van der Waals surface area contributed by atoms with Crippen LogP contribution in [0.1, 0.15) is 37.7 Å². The van der Waals surface area contributed by atoms with Gasteiger partial charge >= 0.3 is 5.97 Å². The van der Waals surface area contributed by atoms with Gasteiger partial charge in [0.25, 0.3) is 5.91 Å². The van der Waals surface area contributed by atoms with Crippen molar-refractivity contribution in [1.29, 1.82) is 0 Å². The Morgan fingerprint density at radius 3 is 2.18 bits per heavy atom. The SMILES string of the molecule is COc1cc2c(cc1OC)N(C(=O)c1ccc(-c3ccccc3OC)c(C)c1)Cc1ccc(C(=O)O)n1C2. The van der Waals surface area contributed by atoms with Crippen LogP contribution in [0.15, 0.2) is 66.7 Å². The molecule has 1 N–H and O–H groups in total. The number of carboxylic acids is 1. The molecule has 1 aliphatic heterocycles. The molecule has 0 saturated carbocycles. The van der Waals surface area contributed by atoms with Crippen molar-refractivity contribution in [2.45, 2.75) is 20.0 Å². The molecule has 0 fully saturated rings. The Hall–Kier alpha value is -4.72. The second-order valence-corrected chi connectivity index (χ2v) is 9.06. The fourth-order valence-electron chi connectivity index (χ4n) is 5.03. The molecule has 194 valence electrons. The average molecular weight is 513 g/mol. The normalized spacial score (nSPS) is 12.3. The number of ether oxygens (including phenoxy) is 3. The molecule has 3 aromatic carbocycles. The van der Waals surface area contributed by atoms with Crippen molar-refractivity contribution < 1.29 is 28.9 Å². The summed E-state index contributed by atoms with van der Waals surface area (Å²) < 4.78 is 18.3. The van der Waals surface area contributed by atoms with Gasteiger partial charge in [0.15, 0.2) is 11.5 Å². The van der Waals surface area contributed by atoms with Crippen LogP contribution in [0, 0.1) is 6.92 Å². The van der Waals surface area contributed by atoms with Crippen LogP contribution < -0.4 is 19.1 Å². The lowest BCUT2D eigenvalue weighted by molar-refractivity contribution is 0.0685. The Morgan fingerprint density at radius 1 is 0.789 bits per heavy atom. The summed E-state index contributed by atoms with van der Waals surface area (Å²) in [6.07, 6.45) is 0. The number of aromatic carboxylic acids is 1. The molecule has 8 nitrogen and oxygen atoms in total. The molecule has 2 heterocycles. The van der Waals surface area contributed by atoms with Gasteiger partial charge in [-0.1, -0.05) is 24.3 Å². The minimum absolute atomic E-state index is 0.159. The zero-order valence-corrected chi connectivity index (χ0v) is 21.6. The van der Waals surface area contributed by atoms with Gasteiger partial charge < -0.3 is 28.8 Å². The zero-order valence-electron chi connectivity index (χ0n) is 21.6. The topological polar surface area (TPSA) is 90.2 Å². The summed E-state index contributed by atoms with van der Waals surface area (Å²) in [5.41, 5.74) is 5.62. The predicted molar refractivity (Wildman–Crippen MR) is 144 cm³/mol. The summed E-state index contributed by atoms with van der Waals surface area (Å²) in [6, 6.07) is 20.3. The number of aryl methyl sites for hydroxylation is 1. The molecule has 0 atom stereocenters. The molecule has 4 aromatic rings. The Kier molecular flexibility index (Phi) is 6.55. The number of nitrogens with zero attached hydrogens (tertiary/aromatic N) is 2. The van der Waals surface area contributed by atoms with Crippen LogP contribution in [0.5, 0.6) is 17.2 Å². The first-order valence-corrected chi connectivity index (χ1v) is 12.1. The summed E-state index contributed by atoms with van der Waals surface area (Å²) >= 11 is 0. The standard InChI is InChI=1S/C30H28N2O6/c1-18-13-19(9-11-22(18)23-7-5-6-8-26(23)36-2)29(33)32-17-21-10-12-24(30(34)35)31(21)16-20-14-27(37-3)28(38-4)15-25(20)32/h5-15H,16-17H2,1-4H3,(H,34,35). The van der Waals surface area contributed by atoms with Gasteiger partial charge in [-0.3, -0.25) is 4.79 Å². The fraction of sp³-hybridized carbons (Fsp3) is 0.200. The predicted octanol–water partition coefficient (Wildman–Crippen LogP) is 5.40. The monoisotopic (exact) mass is 512 g/mol. The molecule has 0 radical (unpaired) electrons. The van der Waals surface area contributed by atoms with Crippen LogP contribution >= 0.6 is 0 Å². The van der Waals surface area contributed by atoms with Gasteiger partial charge in [0.05, 0.1) is 40.1 Å². The minimum atomic E-state index is -1.03. The maximum atomic E-state index is 14.0. The van der Waals surface area contributed by atoms with E-state index in [1.165, 1.54) is 0 Å². The van der Waals surface area contributed by atoms with Crippen LogP contribution in [0.4, 0.5) is 5.69 Å². The number of amides is 1. The van der Waals surface area contributed by atoms with E-state index in [9.17, 15) is 14.7 Å². The van der Waals surface area contributed by atoms with Crippen molar-refractivity contribution in [2.24, 2.45) is 0 Å². The summed E-state index contributed by atoms with van der Waals surface area (Å²) in [7, 11) is 4.72. The highest BCUT2D eigenvalue weighted by Gasteiger charge is 2.29. The van der Waals surface area contributed by atoms with E-state index in [1.54, 1.807) is 55.1 Å². The number of carboxylic acid groups (broad SMARTS) is 1. The van der Waals surface area contributed by atoms with Crippen molar-refractivity contribution in [3.05, 3.63) is 94.8 Å². The van der Waals surface area contributed by atoms with Crippen LogP contribution in [-0.4, -0.2) is 42.9 Å². The maximum Gasteiger partial charge on any atom is 0.352 e. The van der Waals surface area contributed by atoms with Gasteiger partial charge in [0, 0.05) is 22.9 Å². The highest BCUT2D eigenvalue weighted by Crippen LogP contribution is 2.39. The minimum Gasteiger partial charge on any atom is -0.496 e. The van der Waals surface area contributed by atoms with Crippen molar-refractivity contribution in [3.63, 3.8) is 0 Å². The number of aromatic nitrogens is 1. The van der Waals surface area contributed by atoms with E-state index < -0.39 is 5.97 Å². The molecule has 0 bridgehead atoms. The van der Waals surface area contributed by atoms with Gasteiger partial charge in [0.2, 0.25) is 0 Å². The Morgan fingerprint density at radius 2 is 1.50 bits per heavy atom. The highest BCUT2D eigenvalue weighted by molar-refractivity contribution is 6.07. The molecule has 1 aliphatic rings. The van der Waals surface area contributed by atoms with E-state index in [-0.39, 0.29) is 24.7 Å². The molecule has 0 unspecified atom stereocenters. The number of carbonyl (C=O) groups excluding carboxylic acids is 1. The number of rotatable bonds is 6. The van der Waals surface area contributed by atoms with Crippen molar-refractivity contribution in [2.75, 3.05) is 26.2 Å². The van der Waals surface area contributed by atoms with Crippen LogP contribution in [0.25, 0.3) is 11.1 Å². The average Bonchev–Trinajstić information content (AvgIpc) is 3.26. The molecular formula is C30H28N2O6. The maximum absolute atomic E-state index is 14.0. The number of benzene rings is 3. The number of hydrogen-bond acceptors (Lipinski definition) is 5. The first kappa shape index (κ1) is 25.0. The second kappa shape index (κ2) is 9.97. The van der Waals surface area contributed by atoms with E-state index in [0.29, 0.717) is 28.4 Å². The number of fused-ring (bicyclic) bond motifs is 2. The lowest BCUT2D eigenvalue weighted by Gasteiger charge is -2.24. The van der Waals surface area contributed by atoms with Gasteiger partial charge in [-0.15, -0.1) is 0 Å². The number of anilines is 1. The van der Waals surface area contributed by atoms with Crippen molar-refractivity contribution in [3.8, 4) is 28.4 Å². The summed E-state index contributed by atoms with van der Waals surface area (Å²) in [5, 5.41) is 9.74. The fourth-order valence-corrected chi connectivity index (χ4v) is 5.03. The zero-order chi connectivity index (χ0) is 27.0. The third-order valence-corrected chi connectivity index (χ3v) is 6.93. The lowest BCUT2D eigenvalue weighted by Crippen LogP contribution is -2.30. The molecular weight excluding hydrogens is 484 g/mol. The first-order chi connectivity index (χ1) is 18.4. The van der Waals surface area contributed by atoms with Gasteiger partial charge in [0.1, 0.15) is 11.4 Å². The van der Waals surface area contributed by atoms with Crippen molar-refractivity contribution >= 4 is 17.6 Å². The van der Waals surface area contributed by atoms with E-state index in [0.717, 1.165) is 28.0 Å². The quantitative estimate of drug-likeness (QED) is 0.372. The Balaban J connectivity index is 1.61. The Labute approximate surface area is 220 Å². The molecule has 0 spiro atoms. The second-order valence-electron chi connectivity index (χ2n) is 9.06. The third kappa shape index (κ3) is 4.24.